The average Bonchev–Trinajstić information content (AvgIpc) is 2.64. The number of piperidine rings is 1. The van der Waals surface area contributed by atoms with E-state index in [0.717, 1.165) is 5.69 Å². The van der Waals surface area contributed by atoms with Gasteiger partial charge in [-0.15, -0.1) is 0 Å². The fourth-order valence-corrected chi connectivity index (χ4v) is 3.29. The summed E-state index contributed by atoms with van der Waals surface area (Å²) in [6.45, 7) is 6.73. The number of amides is 1. The number of hydrogen-bond donors (Lipinski definition) is 0. The van der Waals surface area contributed by atoms with Gasteiger partial charge < -0.3 is 14.4 Å². The highest BCUT2D eigenvalue weighted by molar-refractivity contribution is 6.30. The second-order valence-corrected chi connectivity index (χ2v) is 8.60. The first-order chi connectivity index (χ1) is 13.7. The summed E-state index contributed by atoms with van der Waals surface area (Å²) in [4.78, 5) is 18.4. The molecule has 1 aliphatic heterocycles. The van der Waals surface area contributed by atoms with Gasteiger partial charge in [0.25, 0.3) is 0 Å². The van der Waals surface area contributed by atoms with E-state index in [9.17, 15) is 9.18 Å². The summed E-state index contributed by atoms with van der Waals surface area (Å²) in [5.74, 6) is 0.160. The lowest BCUT2D eigenvalue weighted by Gasteiger charge is -2.33. The molecule has 0 atom stereocenters. The van der Waals surface area contributed by atoms with Gasteiger partial charge >= 0.3 is 6.09 Å². The van der Waals surface area contributed by atoms with Gasteiger partial charge in [-0.05, 0) is 44.5 Å². The van der Waals surface area contributed by atoms with E-state index >= 15 is 0 Å². The monoisotopic (exact) mass is 420 g/mol. The highest BCUT2D eigenvalue weighted by atomic mass is 35.5. The second-order valence-electron chi connectivity index (χ2n) is 8.16. The topological polar surface area (TPSA) is 51.7 Å². The van der Waals surface area contributed by atoms with Crippen molar-refractivity contribution >= 4 is 17.7 Å². The van der Waals surface area contributed by atoms with Crippen molar-refractivity contribution in [3.05, 3.63) is 58.5 Å². The first-order valence-electron chi connectivity index (χ1n) is 9.74. The third kappa shape index (κ3) is 6.32. The van der Waals surface area contributed by atoms with Crippen molar-refractivity contribution in [2.24, 2.45) is 0 Å². The van der Waals surface area contributed by atoms with Gasteiger partial charge in [0.15, 0.2) is 0 Å². The van der Waals surface area contributed by atoms with Gasteiger partial charge in [0, 0.05) is 49.1 Å². The van der Waals surface area contributed by atoms with Crippen LogP contribution in [0.2, 0.25) is 5.02 Å². The summed E-state index contributed by atoms with van der Waals surface area (Å²) in [7, 11) is 0. The number of pyridine rings is 1. The van der Waals surface area contributed by atoms with Crippen LogP contribution in [0.3, 0.4) is 0 Å². The largest absolute Gasteiger partial charge is 0.474 e. The number of halogens is 2. The van der Waals surface area contributed by atoms with Crippen LogP contribution in [0.1, 0.15) is 44.9 Å². The molecular weight excluding hydrogens is 395 g/mol. The molecule has 0 unspecified atom stereocenters. The van der Waals surface area contributed by atoms with Crippen LogP contribution < -0.4 is 4.74 Å². The molecule has 0 aliphatic carbocycles. The summed E-state index contributed by atoms with van der Waals surface area (Å²) in [5.41, 5.74) is 0.748. The maximum absolute atomic E-state index is 14.0. The van der Waals surface area contributed by atoms with Gasteiger partial charge in [-0.25, -0.2) is 14.2 Å². The van der Waals surface area contributed by atoms with Gasteiger partial charge in [0.2, 0.25) is 5.88 Å². The lowest BCUT2D eigenvalue weighted by molar-refractivity contribution is 0.0123. The SMILES string of the molecule is CC(C)(C)OC(=O)N1CCC(Oc2cccc(Cc3ccc(Cl)cc3F)n2)CC1. The Morgan fingerprint density at radius 3 is 2.62 bits per heavy atom. The average molecular weight is 421 g/mol. The zero-order chi connectivity index (χ0) is 21.0. The lowest BCUT2D eigenvalue weighted by atomic mass is 10.1. The Labute approximate surface area is 175 Å². The number of ether oxygens (including phenoxy) is 2. The number of likely N-dealkylation sites (tertiary alicyclic amines) is 1. The third-order valence-electron chi connectivity index (χ3n) is 4.55. The minimum atomic E-state index is -0.502. The Morgan fingerprint density at radius 2 is 1.97 bits per heavy atom. The highest BCUT2D eigenvalue weighted by Gasteiger charge is 2.27. The minimum Gasteiger partial charge on any atom is -0.474 e. The molecular formula is C22H26ClFN2O3. The van der Waals surface area contributed by atoms with Gasteiger partial charge in [0.05, 0.1) is 0 Å². The zero-order valence-corrected chi connectivity index (χ0v) is 17.7. The molecule has 1 fully saturated rings. The van der Waals surface area contributed by atoms with Crippen LogP contribution in [0, 0.1) is 5.82 Å². The van der Waals surface area contributed by atoms with Crippen molar-refractivity contribution in [3.8, 4) is 5.88 Å². The smallest absolute Gasteiger partial charge is 0.410 e. The van der Waals surface area contributed by atoms with Crippen LogP contribution in [-0.2, 0) is 11.2 Å². The normalized spacial score (nSPS) is 15.3. The van der Waals surface area contributed by atoms with Crippen LogP contribution in [0.4, 0.5) is 9.18 Å². The molecule has 1 aromatic heterocycles. The Kier molecular flexibility index (Phi) is 6.63. The predicted molar refractivity (Wildman–Crippen MR) is 110 cm³/mol. The molecule has 0 N–H and O–H groups in total. The maximum Gasteiger partial charge on any atom is 0.410 e. The zero-order valence-electron chi connectivity index (χ0n) is 17.0. The molecule has 0 spiro atoms. The van der Waals surface area contributed by atoms with Crippen molar-refractivity contribution in [3.63, 3.8) is 0 Å². The van der Waals surface area contributed by atoms with E-state index in [4.69, 9.17) is 21.1 Å². The lowest BCUT2D eigenvalue weighted by Crippen LogP contribution is -2.44. The summed E-state index contributed by atoms with van der Waals surface area (Å²) in [6.07, 6.45) is 1.45. The molecule has 29 heavy (non-hydrogen) atoms. The van der Waals surface area contributed by atoms with E-state index < -0.39 is 5.60 Å². The second kappa shape index (κ2) is 8.99. The van der Waals surface area contributed by atoms with Gasteiger partial charge in [0.1, 0.15) is 17.5 Å². The van der Waals surface area contributed by atoms with Gasteiger partial charge in [-0.3, -0.25) is 0 Å². The van der Waals surface area contributed by atoms with Crippen molar-refractivity contribution in [1.29, 1.82) is 0 Å². The van der Waals surface area contributed by atoms with Crippen LogP contribution in [0.15, 0.2) is 36.4 Å². The number of hydrogen-bond acceptors (Lipinski definition) is 4. The van der Waals surface area contributed by atoms with Crippen molar-refractivity contribution in [2.45, 2.75) is 51.7 Å². The highest BCUT2D eigenvalue weighted by Crippen LogP contribution is 2.21. The first kappa shape index (κ1) is 21.4. The minimum absolute atomic E-state index is 0.0243. The van der Waals surface area contributed by atoms with E-state index in [1.165, 1.54) is 6.07 Å². The van der Waals surface area contributed by atoms with E-state index in [1.54, 1.807) is 23.1 Å². The Balaban J connectivity index is 1.55. The van der Waals surface area contributed by atoms with E-state index in [2.05, 4.69) is 4.98 Å². The number of benzene rings is 1. The van der Waals surface area contributed by atoms with Crippen molar-refractivity contribution in [1.82, 2.24) is 9.88 Å². The third-order valence-corrected chi connectivity index (χ3v) is 4.78. The molecule has 156 valence electrons. The standard InChI is InChI=1S/C22H26ClFN2O3/c1-22(2,3)29-21(27)26-11-9-18(10-12-26)28-20-6-4-5-17(25-20)13-15-7-8-16(23)14-19(15)24/h4-8,14,18H,9-13H2,1-3H3. The van der Waals surface area contributed by atoms with Crippen LogP contribution in [-0.4, -0.2) is 40.8 Å². The summed E-state index contributed by atoms with van der Waals surface area (Å²) in [6, 6.07) is 10.1. The molecule has 3 rings (SSSR count). The molecule has 0 radical (unpaired) electrons. The van der Waals surface area contributed by atoms with Crippen molar-refractivity contribution < 1.29 is 18.7 Å². The van der Waals surface area contributed by atoms with E-state index in [0.29, 0.717) is 48.8 Å². The van der Waals surface area contributed by atoms with Crippen LogP contribution in [0.25, 0.3) is 0 Å². The Bertz CT molecular complexity index is 861. The molecule has 0 bridgehead atoms. The first-order valence-corrected chi connectivity index (χ1v) is 10.1. The fraction of sp³-hybridized carbons (Fsp3) is 0.455. The molecule has 5 nitrogen and oxygen atoms in total. The molecule has 2 aromatic rings. The molecule has 1 aliphatic rings. The number of rotatable bonds is 4. The predicted octanol–water partition coefficient (Wildman–Crippen LogP) is 5.24. The number of carbonyl (C=O) groups is 1. The Hall–Kier alpha value is -2.34. The number of carbonyl (C=O) groups excluding carboxylic acids is 1. The van der Waals surface area contributed by atoms with E-state index in [-0.39, 0.29) is 18.0 Å². The van der Waals surface area contributed by atoms with Gasteiger partial charge in [-0.2, -0.15) is 0 Å². The molecule has 1 aromatic carbocycles. The van der Waals surface area contributed by atoms with Gasteiger partial charge in [-0.1, -0.05) is 23.7 Å². The summed E-state index contributed by atoms with van der Waals surface area (Å²) < 4.78 is 25.5. The molecule has 1 amide bonds. The van der Waals surface area contributed by atoms with Crippen molar-refractivity contribution in [2.75, 3.05) is 13.1 Å². The molecule has 7 heteroatoms. The summed E-state index contributed by atoms with van der Waals surface area (Å²) in [5, 5.41) is 0.369. The molecule has 1 saturated heterocycles. The van der Waals surface area contributed by atoms with Crippen LogP contribution >= 0.6 is 11.6 Å². The summed E-state index contributed by atoms with van der Waals surface area (Å²) >= 11 is 5.81. The quantitative estimate of drug-likeness (QED) is 0.678. The maximum atomic E-state index is 14.0. The number of nitrogens with zero attached hydrogens (tertiary/aromatic N) is 2. The van der Waals surface area contributed by atoms with Crippen LogP contribution in [0.5, 0.6) is 5.88 Å². The fourth-order valence-electron chi connectivity index (χ4n) is 3.14. The molecule has 2 heterocycles. The van der Waals surface area contributed by atoms with E-state index in [1.807, 2.05) is 32.9 Å². The molecule has 0 saturated carbocycles. The Morgan fingerprint density at radius 1 is 1.24 bits per heavy atom. The number of aromatic nitrogens is 1.